The number of hydrogen-bond donors (Lipinski definition) is 1. The van der Waals surface area contributed by atoms with Crippen LogP contribution in [-0.2, 0) is 6.42 Å². The van der Waals surface area contributed by atoms with Crippen LogP contribution in [0.2, 0.25) is 0 Å². The lowest BCUT2D eigenvalue weighted by Crippen LogP contribution is -2.19. The number of fused-ring (bicyclic) bond motifs is 1. The van der Waals surface area contributed by atoms with Gasteiger partial charge in [0.05, 0.1) is 0 Å². The number of aryl methyl sites for hydroxylation is 1. The highest BCUT2D eigenvalue weighted by Crippen LogP contribution is 2.31. The highest BCUT2D eigenvalue weighted by atomic mass is 15.2. The minimum atomic E-state index is 0.765. The van der Waals surface area contributed by atoms with Gasteiger partial charge in [0.15, 0.2) is 0 Å². The molecule has 1 aromatic carbocycles. The van der Waals surface area contributed by atoms with Gasteiger partial charge in [-0.05, 0) is 37.0 Å². The van der Waals surface area contributed by atoms with Crippen molar-refractivity contribution < 1.29 is 0 Å². The fourth-order valence-corrected chi connectivity index (χ4v) is 2.51. The Morgan fingerprint density at radius 1 is 1.11 bits per heavy atom. The lowest BCUT2D eigenvalue weighted by molar-refractivity contribution is 0.758. The average molecular weight is 239 g/mol. The number of nitrogens with two attached hydrogens (primary N) is 1. The van der Waals surface area contributed by atoms with Crippen LogP contribution in [0.25, 0.3) is 0 Å². The minimum Gasteiger partial charge on any atom is -0.399 e. The number of hydrogen-bond acceptors (Lipinski definition) is 3. The van der Waals surface area contributed by atoms with Gasteiger partial charge in [0.2, 0.25) is 0 Å². The molecule has 0 aliphatic carbocycles. The first kappa shape index (κ1) is 11.1. The van der Waals surface area contributed by atoms with Gasteiger partial charge in [-0.25, -0.2) is 4.98 Å². The number of nitrogens with zero attached hydrogens (tertiary/aromatic N) is 2. The molecule has 0 unspecified atom stereocenters. The first-order valence-corrected chi connectivity index (χ1v) is 6.41. The molecule has 0 saturated carbocycles. The zero-order chi connectivity index (χ0) is 12.4. The molecule has 1 aliphatic heterocycles. The fraction of sp³-hybridized carbons (Fsp3) is 0.267. The fourth-order valence-electron chi connectivity index (χ4n) is 2.51. The SMILES string of the molecule is Nc1ccnc(N2CCCCc3ccccc32)c1. The summed E-state index contributed by atoms with van der Waals surface area (Å²) in [7, 11) is 0. The number of rotatable bonds is 1. The molecule has 92 valence electrons. The molecule has 3 heteroatoms. The Bertz CT molecular complexity index is 551. The topological polar surface area (TPSA) is 42.1 Å². The molecule has 0 amide bonds. The average Bonchev–Trinajstić information content (AvgIpc) is 2.61. The molecule has 2 aromatic rings. The Morgan fingerprint density at radius 2 is 2.00 bits per heavy atom. The summed E-state index contributed by atoms with van der Waals surface area (Å²) in [6.45, 7) is 1.01. The van der Waals surface area contributed by atoms with E-state index in [2.05, 4.69) is 34.1 Å². The zero-order valence-electron chi connectivity index (χ0n) is 10.3. The van der Waals surface area contributed by atoms with Gasteiger partial charge in [-0.1, -0.05) is 18.2 Å². The lowest BCUT2D eigenvalue weighted by atomic mass is 10.1. The Balaban J connectivity index is 2.06. The molecule has 2 N–H and O–H groups in total. The standard InChI is InChI=1S/C15H17N3/c16-13-8-9-17-15(11-13)18-10-4-3-6-12-5-1-2-7-14(12)18/h1-2,5,7-9,11H,3-4,6,10H2,(H2,16,17). The first-order chi connectivity index (χ1) is 8.84. The largest absolute Gasteiger partial charge is 0.399 e. The minimum absolute atomic E-state index is 0.765. The van der Waals surface area contributed by atoms with E-state index in [1.165, 1.54) is 24.1 Å². The van der Waals surface area contributed by atoms with Crippen molar-refractivity contribution in [3.63, 3.8) is 0 Å². The van der Waals surface area contributed by atoms with Gasteiger partial charge in [-0.3, -0.25) is 0 Å². The van der Waals surface area contributed by atoms with Crippen molar-refractivity contribution in [2.24, 2.45) is 0 Å². The summed E-state index contributed by atoms with van der Waals surface area (Å²) >= 11 is 0. The van der Waals surface area contributed by atoms with Crippen LogP contribution < -0.4 is 10.6 Å². The van der Waals surface area contributed by atoms with Gasteiger partial charge in [-0.15, -0.1) is 0 Å². The molecule has 1 aromatic heterocycles. The molecule has 0 atom stereocenters. The van der Waals surface area contributed by atoms with Crippen LogP contribution in [0.15, 0.2) is 42.6 Å². The Morgan fingerprint density at radius 3 is 2.89 bits per heavy atom. The van der Waals surface area contributed by atoms with Crippen LogP contribution in [0.3, 0.4) is 0 Å². The van der Waals surface area contributed by atoms with E-state index in [9.17, 15) is 0 Å². The third kappa shape index (κ3) is 2.04. The van der Waals surface area contributed by atoms with E-state index in [1.54, 1.807) is 6.20 Å². The van der Waals surface area contributed by atoms with Crippen LogP contribution >= 0.6 is 0 Å². The summed E-state index contributed by atoms with van der Waals surface area (Å²) in [6, 6.07) is 12.3. The molecule has 1 aliphatic rings. The van der Waals surface area contributed by atoms with Crippen molar-refractivity contribution in [3.05, 3.63) is 48.2 Å². The van der Waals surface area contributed by atoms with E-state index in [1.807, 2.05) is 12.1 Å². The molecule has 0 fully saturated rings. The molecule has 0 radical (unpaired) electrons. The molecular weight excluding hydrogens is 222 g/mol. The quantitative estimate of drug-likeness (QED) is 0.831. The molecular formula is C15H17N3. The Hall–Kier alpha value is -2.03. The van der Waals surface area contributed by atoms with Gasteiger partial charge in [-0.2, -0.15) is 0 Å². The summed E-state index contributed by atoms with van der Waals surface area (Å²) in [5, 5.41) is 0. The number of aromatic nitrogens is 1. The van der Waals surface area contributed by atoms with Crippen LogP contribution in [0, 0.1) is 0 Å². The number of nitrogen functional groups attached to an aromatic ring is 1. The summed E-state index contributed by atoms with van der Waals surface area (Å²) in [5.74, 6) is 0.948. The van der Waals surface area contributed by atoms with Gasteiger partial charge in [0.25, 0.3) is 0 Å². The van der Waals surface area contributed by atoms with Gasteiger partial charge in [0.1, 0.15) is 5.82 Å². The van der Waals surface area contributed by atoms with Crippen molar-refractivity contribution in [1.82, 2.24) is 4.98 Å². The second-order valence-corrected chi connectivity index (χ2v) is 4.68. The van der Waals surface area contributed by atoms with E-state index in [-0.39, 0.29) is 0 Å². The number of benzene rings is 1. The third-order valence-corrected chi connectivity index (χ3v) is 3.41. The normalized spacial score (nSPS) is 15.0. The van der Waals surface area contributed by atoms with Crippen molar-refractivity contribution in [2.45, 2.75) is 19.3 Å². The van der Waals surface area contributed by atoms with E-state index < -0.39 is 0 Å². The third-order valence-electron chi connectivity index (χ3n) is 3.41. The second kappa shape index (κ2) is 4.69. The summed E-state index contributed by atoms with van der Waals surface area (Å²) < 4.78 is 0. The molecule has 0 saturated heterocycles. The first-order valence-electron chi connectivity index (χ1n) is 6.41. The van der Waals surface area contributed by atoms with Crippen molar-refractivity contribution in [2.75, 3.05) is 17.2 Å². The van der Waals surface area contributed by atoms with E-state index in [4.69, 9.17) is 5.73 Å². The van der Waals surface area contributed by atoms with Crippen molar-refractivity contribution >= 4 is 17.2 Å². The van der Waals surface area contributed by atoms with Crippen molar-refractivity contribution in [3.8, 4) is 0 Å². The summed E-state index contributed by atoms with van der Waals surface area (Å²) in [6.07, 6.45) is 5.34. The van der Waals surface area contributed by atoms with Crippen molar-refractivity contribution in [1.29, 1.82) is 0 Å². The molecule has 3 nitrogen and oxygen atoms in total. The van der Waals surface area contributed by atoms with Crippen LogP contribution in [-0.4, -0.2) is 11.5 Å². The number of pyridine rings is 1. The maximum Gasteiger partial charge on any atom is 0.134 e. The smallest absolute Gasteiger partial charge is 0.134 e. The van der Waals surface area contributed by atoms with Gasteiger partial charge < -0.3 is 10.6 Å². The number of anilines is 3. The summed E-state index contributed by atoms with van der Waals surface area (Å²) in [5.41, 5.74) is 9.30. The maximum absolute atomic E-state index is 5.86. The van der Waals surface area contributed by atoms with Crippen LogP contribution in [0.5, 0.6) is 0 Å². The second-order valence-electron chi connectivity index (χ2n) is 4.68. The van der Waals surface area contributed by atoms with E-state index >= 15 is 0 Å². The lowest BCUT2D eigenvalue weighted by Gasteiger charge is -2.24. The zero-order valence-corrected chi connectivity index (χ0v) is 10.3. The van der Waals surface area contributed by atoms with Crippen LogP contribution in [0.1, 0.15) is 18.4 Å². The van der Waals surface area contributed by atoms with Crippen LogP contribution in [0.4, 0.5) is 17.2 Å². The van der Waals surface area contributed by atoms with Gasteiger partial charge in [0, 0.05) is 30.2 Å². The maximum atomic E-state index is 5.86. The Labute approximate surface area is 107 Å². The Kier molecular flexibility index (Phi) is 2.89. The monoisotopic (exact) mass is 239 g/mol. The number of para-hydroxylation sites is 1. The molecule has 0 bridgehead atoms. The predicted molar refractivity (Wildman–Crippen MR) is 75.0 cm³/mol. The van der Waals surface area contributed by atoms with Gasteiger partial charge >= 0.3 is 0 Å². The van der Waals surface area contributed by atoms with E-state index in [0.717, 1.165) is 24.5 Å². The molecule has 18 heavy (non-hydrogen) atoms. The molecule has 0 spiro atoms. The molecule has 2 heterocycles. The highest BCUT2D eigenvalue weighted by Gasteiger charge is 2.17. The van der Waals surface area contributed by atoms with E-state index in [0.29, 0.717) is 0 Å². The predicted octanol–water partition coefficient (Wildman–Crippen LogP) is 3.14. The summed E-state index contributed by atoms with van der Waals surface area (Å²) in [4.78, 5) is 6.73. The molecule has 3 rings (SSSR count). The highest BCUT2D eigenvalue weighted by molar-refractivity contribution is 5.66.